The van der Waals surface area contributed by atoms with Gasteiger partial charge in [-0.1, -0.05) is 0 Å². The number of carbonyl (C=O) groups is 1. The lowest BCUT2D eigenvalue weighted by Crippen LogP contribution is -2.46. The fourth-order valence-corrected chi connectivity index (χ4v) is 3.97. The summed E-state index contributed by atoms with van der Waals surface area (Å²) in [5.41, 5.74) is 0.651. The van der Waals surface area contributed by atoms with Gasteiger partial charge in [-0.2, -0.15) is 0 Å². The van der Waals surface area contributed by atoms with Crippen LogP contribution < -0.4 is 9.47 Å². The molecule has 2 saturated heterocycles. The molecule has 1 aromatic rings. The number of rotatable bonds is 3. The van der Waals surface area contributed by atoms with E-state index in [1.807, 2.05) is 4.90 Å². The van der Waals surface area contributed by atoms with Gasteiger partial charge in [0.25, 0.3) is 5.91 Å². The van der Waals surface area contributed by atoms with Crippen molar-refractivity contribution >= 4 is 17.5 Å². The average Bonchev–Trinajstić information content (AvgIpc) is 2.77. The molecule has 114 valence electrons. The summed E-state index contributed by atoms with van der Waals surface area (Å²) in [6.45, 7) is 0. The molecule has 2 bridgehead atoms. The summed E-state index contributed by atoms with van der Waals surface area (Å²) in [7, 11) is 3.17. The molecule has 0 saturated carbocycles. The van der Waals surface area contributed by atoms with Crippen LogP contribution in [0.15, 0.2) is 18.2 Å². The van der Waals surface area contributed by atoms with Gasteiger partial charge in [0, 0.05) is 23.0 Å². The first-order chi connectivity index (χ1) is 10.1. The van der Waals surface area contributed by atoms with E-state index in [2.05, 4.69) is 0 Å². The van der Waals surface area contributed by atoms with Gasteiger partial charge in [0.1, 0.15) is 0 Å². The zero-order chi connectivity index (χ0) is 15.0. The van der Waals surface area contributed by atoms with Crippen molar-refractivity contribution in [2.75, 3.05) is 14.2 Å². The smallest absolute Gasteiger partial charge is 0.254 e. The number of alkyl halides is 1. The highest BCUT2D eigenvalue weighted by Crippen LogP contribution is 2.39. The highest BCUT2D eigenvalue weighted by molar-refractivity contribution is 6.20. The minimum atomic E-state index is 0.0759. The number of amides is 1. The Morgan fingerprint density at radius 2 is 1.76 bits per heavy atom. The molecule has 2 heterocycles. The van der Waals surface area contributed by atoms with Gasteiger partial charge in [0.15, 0.2) is 11.5 Å². The summed E-state index contributed by atoms with van der Waals surface area (Å²) in [6, 6.07) is 5.91. The van der Waals surface area contributed by atoms with Crippen LogP contribution in [-0.2, 0) is 0 Å². The average molecular weight is 310 g/mol. The van der Waals surface area contributed by atoms with Crippen LogP contribution in [0.2, 0.25) is 0 Å². The molecule has 1 aromatic carbocycles. The second-order valence-corrected chi connectivity index (χ2v) is 6.35. The van der Waals surface area contributed by atoms with Crippen molar-refractivity contribution in [1.82, 2.24) is 4.90 Å². The van der Waals surface area contributed by atoms with Crippen LogP contribution in [0.25, 0.3) is 0 Å². The Bertz CT molecular complexity index is 534. The van der Waals surface area contributed by atoms with E-state index in [1.165, 1.54) is 0 Å². The molecule has 0 radical (unpaired) electrons. The lowest BCUT2D eigenvalue weighted by molar-refractivity contribution is 0.0599. The van der Waals surface area contributed by atoms with E-state index in [4.69, 9.17) is 21.1 Å². The van der Waals surface area contributed by atoms with Crippen LogP contribution in [0.4, 0.5) is 0 Å². The third-order valence-corrected chi connectivity index (χ3v) is 4.90. The van der Waals surface area contributed by atoms with Crippen molar-refractivity contribution in [3.8, 4) is 11.5 Å². The number of ether oxygens (including phenoxy) is 2. The largest absolute Gasteiger partial charge is 0.493 e. The predicted molar refractivity (Wildman–Crippen MR) is 81.4 cm³/mol. The maximum Gasteiger partial charge on any atom is 0.254 e. The van der Waals surface area contributed by atoms with Gasteiger partial charge in [-0.15, -0.1) is 11.6 Å². The van der Waals surface area contributed by atoms with Crippen LogP contribution >= 0.6 is 11.6 Å². The zero-order valence-corrected chi connectivity index (χ0v) is 13.1. The molecule has 21 heavy (non-hydrogen) atoms. The maximum atomic E-state index is 12.8. The van der Waals surface area contributed by atoms with Crippen molar-refractivity contribution < 1.29 is 14.3 Å². The van der Waals surface area contributed by atoms with Gasteiger partial charge in [-0.05, 0) is 43.9 Å². The monoisotopic (exact) mass is 309 g/mol. The molecule has 0 aromatic heterocycles. The van der Waals surface area contributed by atoms with Crippen molar-refractivity contribution in [3.05, 3.63) is 23.8 Å². The van der Waals surface area contributed by atoms with Crippen molar-refractivity contribution in [3.63, 3.8) is 0 Å². The Labute approximate surface area is 130 Å². The lowest BCUT2D eigenvalue weighted by atomic mass is 10.0. The Hall–Kier alpha value is -1.42. The SMILES string of the molecule is COc1ccc(C(=O)N2C3CCC2CC(Cl)C3)cc1OC. The molecular formula is C16H20ClNO3. The first-order valence-corrected chi connectivity index (χ1v) is 7.76. The Morgan fingerprint density at radius 3 is 2.33 bits per heavy atom. The summed E-state index contributed by atoms with van der Waals surface area (Å²) in [5, 5.41) is 0.206. The van der Waals surface area contributed by atoms with E-state index in [0.717, 1.165) is 25.7 Å². The molecule has 2 aliphatic rings. The first kappa shape index (κ1) is 14.5. The minimum absolute atomic E-state index is 0.0759. The maximum absolute atomic E-state index is 12.8. The van der Waals surface area contributed by atoms with E-state index in [-0.39, 0.29) is 23.4 Å². The Kier molecular flexibility index (Phi) is 3.98. The van der Waals surface area contributed by atoms with Crippen LogP contribution in [0, 0.1) is 0 Å². The molecule has 0 spiro atoms. The van der Waals surface area contributed by atoms with Crippen LogP contribution in [0.5, 0.6) is 11.5 Å². The molecule has 0 N–H and O–H groups in total. The van der Waals surface area contributed by atoms with Gasteiger partial charge in [0.05, 0.1) is 14.2 Å². The predicted octanol–water partition coefficient (Wildman–Crippen LogP) is 3.08. The van der Waals surface area contributed by atoms with E-state index in [0.29, 0.717) is 17.1 Å². The number of piperidine rings is 1. The standard InChI is InChI=1S/C16H20ClNO3/c1-20-14-6-3-10(7-15(14)21-2)16(19)18-12-4-5-13(18)9-11(17)8-12/h3,6-7,11-13H,4-5,8-9H2,1-2H3. The normalized spacial score (nSPS) is 27.6. The molecular weight excluding hydrogens is 290 g/mol. The zero-order valence-electron chi connectivity index (χ0n) is 12.3. The van der Waals surface area contributed by atoms with Crippen molar-refractivity contribution in [1.29, 1.82) is 0 Å². The summed E-state index contributed by atoms with van der Waals surface area (Å²) in [4.78, 5) is 14.8. The van der Waals surface area contributed by atoms with Crippen molar-refractivity contribution in [2.24, 2.45) is 0 Å². The lowest BCUT2D eigenvalue weighted by Gasteiger charge is -2.37. The van der Waals surface area contributed by atoms with Crippen LogP contribution in [0.1, 0.15) is 36.0 Å². The summed E-state index contributed by atoms with van der Waals surface area (Å²) < 4.78 is 10.5. The molecule has 5 heteroatoms. The highest BCUT2D eigenvalue weighted by atomic mass is 35.5. The van der Waals surface area contributed by atoms with E-state index in [1.54, 1.807) is 32.4 Å². The van der Waals surface area contributed by atoms with Crippen LogP contribution in [-0.4, -0.2) is 42.5 Å². The third-order valence-electron chi connectivity index (χ3n) is 4.54. The number of benzene rings is 1. The fourth-order valence-electron chi connectivity index (χ4n) is 3.56. The topological polar surface area (TPSA) is 38.8 Å². The van der Waals surface area contributed by atoms with E-state index >= 15 is 0 Å². The molecule has 4 nitrogen and oxygen atoms in total. The number of fused-ring (bicyclic) bond motifs is 2. The quantitative estimate of drug-likeness (QED) is 0.805. The number of hydrogen-bond acceptors (Lipinski definition) is 3. The number of carbonyl (C=O) groups excluding carboxylic acids is 1. The molecule has 2 fully saturated rings. The second kappa shape index (κ2) is 5.76. The molecule has 2 atom stereocenters. The van der Waals surface area contributed by atoms with Gasteiger partial charge >= 0.3 is 0 Å². The Balaban J connectivity index is 1.86. The molecule has 0 aliphatic carbocycles. The van der Waals surface area contributed by atoms with E-state index in [9.17, 15) is 4.79 Å². The highest BCUT2D eigenvalue weighted by Gasteiger charge is 2.42. The van der Waals surface area contributed by atoms with Gasteiger partial charge in [0.2, 0.25) is 0 Å². The number of hydrogen-bond donors (Lipinski definition) is 0. The molecule has 1 amide bonds. The third kappa shape index (κ3) is 2.57. The van der Waals surface area contributed by atoms with E-state index < -0.39 is 0 Å². The molecule has 3 rings (SSSR count). The summed E-state index contributed by atoms with van der Waals surface area (Å²) >= 11 is 6.28. The van der Waals surface area contributed by atoms with Crippen molar-refractivity contribution in [2.45, 2.75) is 43.1 Å². The number of nitrogens with zero attached hydrogens (tertiary/aromatic N) is 1. The van der Waals surface area contributed by atoms with Crippen LogP contribution in [0.3, 0.4) is 0 Å². The minimum Gasteiger partial charge on any atom is -0.493 e. The number of halogens is 1. The first-order valence-electron chi connectivity index (χ1n) is 7.32. The van der Waals surface area contributed by atoms with Gasteiger partial charge in [-0.3, -0.25) is 4.79 Å². The fraction of sp³-hybridized carbons (Fsp3) is 0.562. The summed E-state index contributed by atoms with van der Waals surface area (Å²) in [5.74, 6) is 1.30. The number of methoxy groups -OCH3 is 2. The van der Waals surface area contributed by atoms with Gasteiger partial charge in [-0.25, -0.2) is 0 Å². The second-order valence-electron chi connectivity index (χ2n) is 5.74. The summed E-state index contributed by atoms with van der Waals surface area (Å²) in [6.07, 6.45) is 3.92. The molecule has 2 unspecified atom stereocenters. The van der Waals surface area contributed by atoms with Gasteiger partial charge < -0.3 is 14.4 Å². The Morgan fingerprint density at radius 1 is 1.14 bits per heavy atom. The molecule has 2 aliphatic heterocycles.